The number of methoxy groups -OCH3 is 1. The molecular formula is C9H13NOS. The summed E-state index contributed by atoms with van der Waals surface area (Å²) in [4.78, 5) is 0. The zero-order chi connectivity index (χ0) is 8.81. The van der Waals surface area contributed by atoms with Crippen molar-refractivity contribution in [2.45, 2.75) is 0 Å². The Morgan fingerprint density at radius 2 is 2.17 bits per heavy atom. The van der Waals surface area contributed by atoms with E-state index in [-0.39, 0.29) is 0 Å². The predicted molar refractivity (Wildman–Crippen MR) is 55.3 cm³/mol. The maximum absolute atomic E-state index is 5.15. The number of para-hydroxylation sites is 2. The molecule has 1 rings (SSSR count). The van der Waals surface area contributed by atoms with Crippen LogP contribution in [0.1, 0.15) is 0 Å². The minimum absolute atomic E-state index is 0.818. The zero-order valence-electron chi connectivity index (χ0n) is 7.08. The molecule has 66 valence electrons. The van der Waals surface area contributed by atoms with Crippen LogP contribution in [0.15, 0.2) is 24.3 Å². The highest BCUT2D eigenvalue weighted by molar-refractivity contribution is 7.80. The topological polar surface area (TPSA) is 21.3 Å². The van der Waals surface area contributed by atoms with E-state index in [1.54, 1.807) is 7.11 Å². The van der Waals surface area contributed by atoms with Gasteiger partial charge in [0, 0.05) is 12.3 Å². The summed E-state index contributed by atoms with van der Waals surface area (Å²) in [5, 5.41) is 3.21. The highest BCUT2D eigenvalue weighted by Crippen LogP contribution is 2.22. The van der Waals surface area contributed by atoms with Crippen molar-refractivity contribution in [3.63, 3.8) is 0 Å². The van der Waals surface area contributed by atoms with Crippen LogP contribution >= 0.6 is 12.6 Å². The summed E-state index contributed by atoms with van der Waals surface area (Å²) in [6.45, 7) is 0.851. The molecule has 0 saturated carbocycles. The van der Waals surface area contributed by atoms with Crippen molar-refractivity contribution < 1.29 is 4.74 Å². The summed E-state index contributed by atoms with van der Waals surface area (Å²) >= 11 is 4.11. The molecule has 1 aromatic carbocycles. The fourth-order valence-corrected chi connectivity index (χ4v) is 1.09. The predicted octanol–water partition coefficient (Wildman–Crippen LogP) is 2.04. The quantitative estimate of drug-likeness (QED) is 0.697. The van der Waals surface area contributed by atoms with Gasteiger partial charge in [-0.15, -0.1) is 0 Å². The normalized spacial score (nSPS) is 9.50. The van der Waals surface area contributed by atoms with Gasteiger partial charge in [0.1, 0.15) is 5.75 Å². The van der Waals surface area contributed by atoms with Gasteiger partial charge in [0.25, 0.3) is 0 Å². The highest BCUT2D eigenvalue weighted by Gasteiger charge is 1.97. The number of thiol groups is 1. The van der Waals surface area contributed by atoms with Crippen molar-refractivity contribution in [3.05, 3.63) is 24.3 Å². The maximum Gasteiger partial charge on any atom is 0.141 e. The molecule has 0 radical (unpaired) electrons. The Morgan fingerprint density at radius 3 is 2.83 bits per heavy atom. The Bertz CT molecular complexity index is 240. The van der Waals surface area contributed by atoms with Gasteiger partial charge in [-0.3, -0.25) is 0 Å². The molecule has 0 bridgehead atoms. The van der Waals surface area contributed by atoms with Crippen molar-refractivity contribution in [1.29, 1.82) is 0 Å². The Kier molecular flexibility index (Phi) is 3.80. The van der Waals surface area contributed by atoms with E-state index < -0.39 is 0 Å². The Labute approximate surface area is 78.3 Å². The molecule has 0 aliphatic heterocycles. The van der Waals surface area contributed by atoms with Gasteiger partial charge in [-0.1, -0.05) is 12.1 Å². The first-order valence-electron chi connectivity index (χ1n) is 3.86. The van der Waals surface area contributed by atoms with Crippen LogP contribution in [0.3, 0.4) is 0 Å². The van der Waals surface area contributed by atoms with E-state index in [1.807, 2.05) is 24.3 Å². The Balaban J connectivity index is 2.68. The monoisotopic (exact) mass is 183 g/mol. The fraction of sp³-hybridized carbons (Fsp3) is 0.333. The molecule has 2 nitrogen and oxygen atoms in total. The lowest BCUT2D eigenvalue weighted by Crippen LogP contribution is -2.03. The van der Waals surface area contributed by atoms with Gasteiger partial charge in [0.05, 0.1) is 12.8 Å². The molecule has 1 aromatic rings. The highest BCUT2D eigenvalue weighted by atomic mass is 32.1. The second-order valence-corrected chi connectivity index (χ2v) is 2.80. The van der Waals surface area contributed by atoms with E-state index in [0.29, 0.717) is 0 Å². The largest absolute Gasteiger partial charge is 0.495 e. The smallest absolute Gasteiger partial charge is 0.141 e. The van der Waals surface area contributed by atoms with E-state index in [1.165, 1.54) is 0 Å². The van der Waals surface area contributed by atoms with E-state index in [4.69, 9.17) is 4.74 Å². The van der Waals surface area contributed by atoms with Gasteiger partial charge in [-0.2, -0.15) is 12.6 Å². The average molecular weight is 183 g/mol. The summed E-state index contributed by atoms with van der Waals surface area (Å²) < 4.78 is 5.15. The number of hydrogen-bond acceptors (Lipinski definition) is 3. The molecule has 12 heavy (non-hydrogen) atoms. The van der Waals surface area contributed by atoms with E-state index >= 15 is 0 Å². The van der Waals surface area contributed by atoms with Crippen molar-refractivity contribution in [3.8, 4) is 5.75 Å². The second-order valence-electron chi connectivity index (χ2n) is 2.35. The molecule has 0 aliphatic rings. The zero-order valence-corrected chi connectivity index (χ0v) is 7.97. The SMILES string of the molecule is COc1ccccc1NCCS. The third-order valence-corrected chi connectivity index (χ3v) is 1.76. The lowest BCUT2D eigenvalue weighted by atomic mass is 10.3. The van der Waals surface area contributed by atoms with Crippen molar-refractivity contribution in [1.82, 2.24) is 0 Å². The van der Waals surface area contributed by atoms with Gasteiger partial charge in [0.2, 0.25) is 0 Å². The number of anilines is 1. The number of rotatable bonds is 4. The maximum atomic E-state index is 5.15. The van der Waals surface area contributed by atoms with Gasteiger partial charge in [-0.25, -0.2) is 0 Å². The van der Waals surface area contributed by atoms with Crippen molar-refractivity contribution >= 4 is 18.3 Å². The molecule has 0 aliphatic carbocycles. The van der Waals surface area contributed by atoms with Crippen molar-refractivity contribution in [2.24, 2.45) is 0 Å². The summed E-state index contributed by atoms with van der Waals surface area (Å²) in [5.74, 6) is 1.69. The van der Waals surface area contributed by atoms with Crippen molar-refractivity contribution in [2.75, 3.05) is 24.7 Å². The third-order valence-electron chi connectivity index (χ3n) is 1.53. The van der Waals surface area contributed by atoms with E-state index in [9.17, 15) is 0 Å². The number of benzene rings is 1. The Hall–Kier alpha value is -0.830. The van der Waals surface area contributed by atoms with Gasteiger partial charge < -0.3 is 10.1 Å². The lowest BCUT2D eigenvalue weighted by molar-refractivity contribution is 0.416. The lowest BCUT2D eigenvalue weighted by Gasteiger charge is -2.08. The molecular weight excluding hydrogens is 170 g/mol. The number of ether oxygens (including phenoxy) is 1. The summed E-state index contributed by atoms with van der Waals surface area (Å²) in [6.07, 6.45) is 0. The van der Waals surface area contributed by atoms with Crippen LogP contribution in [0, 0.1) is 0 Å². The molecule has 0 saturated heterocycles. The molecule has 0 heterocycles. The summed E-state index contributed by atoms with van der Waals surface area (Å²) in [5.41, 5.74) is 1.02. The van der Waals surface area contributed by atoms with Gasteiger partial charge in [0.15, 0.2) is 0 Å². The van der Waals surface area contributed by atoms with Crippen LogP contribution in [0.5, 0.6) is 5.75 Å². The average Bonchev–Trinajstić information content (AvgIpc) is 2.15. The van der Waals surface area contributed by atoms with Crippen LogP contribution < -0.4 is 10.1 Å². The molecule has 1 N–H and O–H groups in total. The van der Waals surface area contributed by atoms with Gasteiger partial charge in [-0.05, 0) is 12.1 Å². The molecule has 0 aromatic heterocycles. The first kappa shape index (κ1) is 9.26. The molecule has 0 unspecified atom stereocenters. The van der Waals surface area contributed by atoms with Crippen LogP contribution in [-0.2, 0) is 0 Å². The standard InChI is InChI=1S/C9H13NOS/c1-11-9-5-3-2-4-8(9)10-6-7-12/h2-5,10,12H,6-7H2,1H3. The number of nitrogens with one attached hydrogen (secondary N) is 1. The second kappa shape index (κ2) is 4.93. The summed E-state index contributed by atoms with van der Waals surface area (Å²) in [6, 6.07) is 7.84. The molecule has 0 atom stereocenters. The minimum Gasteiger partial charge on any atom is -0.495 e. The van der Waals surface area contributed by atoms with E-state index in [0.717, 1.165) is 23.7 Å². The molecule has 0 spiro atoms. The number of hydrogen-bond donors (Lipinski definition) is 2. The van der Waals surface area contributed by atoms with Crippen LogP contribution in [0.4, 0.5) is 5.69 Å². The van der Waals surface area contributed by atoms with Gasteiger partial charge >= 0.3 is 0 Å². The molecule has 0 fully saturated rings. The first-order valence-corrected chi connectivity index (χ1v) is 4.49. The molecule has 3 heteroatoms. The van der Waals surface area contributed by atoms with E-state index in [2.05, 4.69) is 17.9 Å². The minimum atomic E-state index is 0.818. The van der Waals surface area contributed by atoms with Crippen LogP contribution in [0.25, 0.3) is 0 Å². The fourth-order valence-electron chi connectivity index (χ4n) is 0.981. The summed E-state index contributed by atoms with van der Waals surface area (Å²) in [7, 11) is 1.67. The first-order chi connectivity index (χ1) is 5.88. The van der Waals surface area contributed by atoms with Crippen LogP contribution in [0.2, 0.25) is 0 Å². The van der Waals surface area contributed by atoms with Crippen LogP contribution in [-0.4, -0.2) is 19.4 Å². The Morgan fingerprint density at radius 1 is 1.42 bits per heavy atom. The molecule has 0 amide bonds. The third kappa shape index (κ3) is 2.34.